The van der Waals surface area contributed by atoms with Gasteiger partial charge in [-0.25, -0.2) is 0 Å². The Morgan fingerprint density at radius 2 is 2.05 bits per heavy atom. The van der Waals surface area contributed by atoms with Crippen molar-refractivity contribution in [2.75, 3.05) is 7.11 Å². The monoisotopic (exact) mass is 417 g/mol. The summed E-state index contributed by atoms with van der Waals surface area (Å²) < 4.78 is 7.01. The van der Waals surface area contributed by atoms with Crippen LogP contribution in [0.25, 0.3) is 0 Å². The molecule has 1 N–H and O–H groups in total. The van der Waals surface area contributed by atoms with E-state index in [1.807, 2.05) is 31.2 Å². The SMILES string of the molecule is COc1ccc(C(C)NC(=O)c2ccc(Br)s2)cc1Br. The van der Waals surface area contributed by atoms with Gasteiger partial charge in [-0.15, -0.1) is 11.3 Å². The molecule has 1 aromatic carbocycles. The summed E-state index contributed by atoms with van der Waals surface area (Å²) >= 11 is 8.22. The van der Waals surface area contributed by atoms with Crippen molar-refractivity contribution in [2.45, 2.75) is 13.0 Å². The van der Waals surface area contributed by atoms with Crippen molar-refractivity contribution >= 4 is 49.1 Å². The second-order valence-electron chi connectivity index (χ2n) is 4.19. The summed E-state index contributed by atoms with van der Waals surface area (Å²) in [6, 6.07) is 9.37. The van der Waals surface area contributed by atoms with E-state index in [-0.39, 0.29) is 11.9 Å². The number of methoxy groups -OCH3 is 1. The van der Waals surface area contributed by atoms with E-state index in [0.29, 0.717) is 4.88 Å². The number of amides is 1. The Hall–Kier alpha value is -0.850. The Bertz CT molecular complexity index is 627. The molecule has 0 bridgehead atoms. The maximum atomic E-state index is 12.1. The van der Waals surface area contributed by atoms with Gasteiger partial charge >= 0.3 is 0 Å². The molecule has 1 aromatic heterocycles. The van der Waals surface area contributed by atoms with Gasteiger partial charge in [0.2, 0.25) is 0 Å². The van der Waals surface area contributed by atoms with Crippen molar-refractivity contribution in [3.05, 3.63) is 49.0 Å². The third kappa shape index (κ3) is 3.62. The molecule has 6 heteroatoms. The fraction of sp³-hybridized carbons (Fsp3) is 0.214. The van der Waals surface area contributed by atoms with Gasteiger partial charge in [-0.2, -0.15) is 0 Å². The molecule has 0 saturated carbocycles. The van der Waals surface area contributed by atoms with E-state index in [1.165, 1.54) is 11.3 Å². The van der Waals surface area contributed by atoms with Crippen molar-refractivity contribution in [3.8, 4) is 5.75 Å². The molecular weight excluding hydrogens is 406 g/mol. The van der Waals surface area contributed by atoms with Gasteiger partial charge in [0.05, 0.1) is 26.3 Å². The summed E-state index contributed by atoms with van der Waals surface area (Å²) in [5.74, 6) is 0.703. The van der Waals surface area contributed by atoms with E-state index in [1.54, 1.807) is 13.2 Å². The van der Waals surface area contributed by atoms with Gasteiger partial charge in [-0.05, 0) is 68.6 Å². The van der Waals surface area contributed by atoms with E-state index >= 15 is 0 Å². The number of thiophene rings is 1. The van der Waals surface area contributed by atoms with Crippen LogP contribution in [0.2, 0.25) is 0 Å². The Kier molecular flexibility index (Phi) is 5.23. The summed E-state index contributed by atoms with van der Waals surface area (Å²) in [5.41, 5.74) is 1.02. The first-order chi connectivity index (χ1) is 9.51. The Labute approximate surface area is 138 Å². The number of carbonyl (C=O) groups is 1. The molecule has 0 aliphatic carbocycles. The molecule has 2 rings (SSSR count). The molecule has 1 amide bonds. The first-order valence-electron chi connectivity index (χ1n) is 5.91. The molecule has 106 valence electrons. The van der Waals surface area contributed by atoms with E-state index in [2.05, 4.69) is 37.2 Å². The van der Waals surface area contributed by atoms with Crippen LogP contribution < -0.4 is 10.1 Å². The lowest BCUT2D eigenvalue weighted by Gasteiger charge is -2.15. The topological polar surface area (TPSA) is 38.3 Å². The number of halogens is 2. The summed E-state index contributed by atoms with van der Waals surface area (Å²) in [4.78, 5) is 12.8. The second-order valence-corrected chi connectivity index (χ2v) is 7.51. The highest BCUT2D eigenvalue weighted by Crippen LogP contribution is 2.28. The Balaban J connectivity index is 2.10. The molecule has 1 atom stereocenters. The van der Waals surface area contributed by atoms with E-state index in [9.17, 15) is 4.79 Å². The number of hydrogen-bond acceptors (Lipinski definition) is 3. The van der Waals surface area contributed by atoms with Crippen LogP contribution in [-0.4, -0.2) is 13.0 Å². The predicted molar refractivity (Wildman–Crippen MR) is 88.6 cm³/mol. The Morgan fingerprint density at radius 3 is 2.60 bits per heavy atom. The third-order valence-electron chi connectivity index (χ3n) is 2.82. The molecule has 1 unspecified atom stereocenters. The van der Waals surface area contributed by atoms with Gasteiger partial charge in [0.1, 0.15) is 5.75 Å². The maximum absolute atomic E-state index is 12.1. The van der Waals surface area contributed by atoms with Gasteiger partial charge in [0.25, 0.3) is 5.91 Å². The van der Waals surface area contributed by atoms with Gasteiger partial charge in [0, 0.05) is 0 Å². The average molecular weight is 419 g/mol. The predicted octanol–water partition coefficient (Wildman–Crippen LogP) is 4.77. The van der Waals surface area contributed by atoms with Crippen LogP contribution >= 0.6 is 43.2 Å². The fourth-order valence-corrected chi connectivity index (χ4v) is 3.59. The smallest absolute Gasteiger partial charge is 0.261 e. The van der Waals surface area contributed by atoms with Crippen molar-refractivity contribution in [1.82, 2.24) is 5.32 Å². The van der Waals surface area contributed by atoms with Gasteiger partial charge in [-0.1, -0.05) is 6.07 Å². The standard InChI is InChI=1S/C14H13Br2NO2S/c1-8(9-3-4-11(19-2)10(15)7-9)17-14(18)12-5-6-13(16)20-12/h3-8H,1-2H3,(H,17,18). The van der Waals surface area contributed by atoms with E-state index in [0.717, 1.165) is 19.6 Å². The first-order valence-corrected chi connectivity index (χ1v) is 8.31. The van der Waals surface area contributed by atoms with Crippen LogP contribution in [0, 0.1) is 0 Å². The summed E-state index contributed by atoms with van der Waals surface area (Å²) in [6.07, 6.45) is 0. The maximum Gasteiger partial charge on any atom is 0.261 e. The van der Waals surface area contributed by atoms with Crippen LogP contribution in [0.3, 0.4) is 0 Å². The molecule has 0 saturated heterocycles. The van der Waals surface area contributed by atoms with Crippen molar-refractivity contribution in [1.29, 1.82) is 0 Å². The molecule has 1 heterocycles. The molecular formula is C14H13Br2NO2S. The largest absolute Gasteiger partial charge is 0.496 e. The van der Waals surface area contributed by atoms with Gasteiger partial charge < -0.3 is 10.1 Å². The normalized spacial score (nSPS) is 12.0. The Morgan fingerprint density at radius 1 is 1.30 bits per heavy atom. The first kappa shape index (κ1) is 15.5. The molecule has 2 aromatic rings. The van der Waals surface area contributed by atoms with Crippen LogP contribution in [-0.2, 0) is 0 Å². The van der Waals surface area contributed by atoms with Crippen LogP contribution in [0.4, 0.5) is 0 Å². The molecule has 0 spiro atoms. The third-order valence-corrected chi connectivity index (χ3v) is 5.06. The van der Waals surface area contributed by atoms with E-state index < -0.39 is 0 Å². The summed E-state index contributed by atoms with van der Waals surface area (Å²) in [6.45, 7) is 1.95. The highest BCUT2D eigenvalue weighted by Gasteiger charge is 2.14. The lowest BCUT2D eigenvalue weighted by molar-refractivity contribution is 0.0944. The quantitative estimate of drug-likeness (QED) is 0.776. The zero-order chi connectivity index (χ0) is 14.7. The number of nitrogens with one attached hydrogen (secondary N) is 1. The minimum atomic E-state index is -0.0782. The second kappa shape index (κ2) is 6.74. The number of hydrogen-bond donors (Lipinski definition) is 1. The average Bonchev–Trinajstić information content (AvgIpc) is 2.85. The number of carbonyl (C=O) groups excluding carboxylic acids is 1. The molecule has 3 nitrogen and oxygen atoms in total. The molecule has 0 aliphatic heterocycles. The van der Waals surface area contributed by atoms with Crippen molar-refractivity contribution < 1.29 is 9.53 Å². The zero-order valence-electron chi connectivity index (χ0n) is 10.9. The highest BCUT2D eigenvalue weighted by atomic mass is 79.9. The van der Waals surface area contributed by atoms with Crippen LogP contribution in [0.1, 0.15) is 28.2 Å². The van der Waals surface area contributed by atoms with Crippen molar-refractivity contribution in [3.63, 3.8) is 0 Å². The number of benzene rings is 1. The molecule has 0 aliphatic rings. The minimum absolute atomic E-state index is 0.0693. The minimum Gasteiger partial charge on any atom is -0.496 e. The van der Waals surface area contributed by atoms with Gasteiger partial charge in [-0.3, -0.25) is 4.79 Å². The number of ether oxygens (including phenoxy) is 1. The highest BCUT2D eigenvalue weighted by molar-refractivity contribution is 9.11. The van der Waals surface area contributed by atoms with Crippen LogP contribution in [0.15, 0.2) is 38.6 Å². The summed E-state index contributed by atoms with van der Waals surface area (Å²) in [7, 11) is 1.62. The van der Waals surface area contributed by atoms with E-state index in [4.69, 9.17) is 4.74 Å². The lowest BCUT2D eigenvalue weighted by atomic mass is 10.1. The molecule has 20 heavy (non-hydrogen) atoms. The summed E-state index contributed by atoms with van der Waals surface area (Å²) in [5, 5.41) is 2.98. The molecule has 0 radical (unpaired) electrons. The van der Waals surface area contributed by atoms with Gasteiger partial charge in [0.15, 0.2) is 0 Å². The van der Waals surface area contributed by atoms with Crippen LogP contribution in [0.5, 0.6) is 5.75 Å². The fourth-order valence-electron chi connectivity index (χ4n) is 1.74. The zero-order valence-corrected chi connectivity index (χ0v) is 14.9. The lowest BCUT2D eigenvalue weighted by Crippen LogP contribution is -2.25. The van der Waals surface area contributed by atoms with Crippen molar-refractivity contribution in [2.24, 2.45) is 0 Å². The molecule has 0 fully saturated rings. The number of rotatable bonds is 4.